The molecule has 3 nitrogen and oxygen atoms in total. The zero-order valence-electron chi connectivity index (χ0n) is 18.6. The quantitative estimate of drug-likeness (QED) is 0.250. The van der Waals surface area contributed by atoms with Gasteiger partial charge in [-0.3, -0.25) is 0 Å². The minimum absolute atomic E-state index is 0.856. The number of allylic oxidation sites excluding steroid dienone is 1. The van der Waals surface area contributed by atoms with Crippen LogP contribution in [0, 0.1) is 6.07 Å². The SMILES string of the molecule is COc1ccc(-c2ccnc3[c-]c(/C(=C\[CH]=[W])c4ccc(N5CCCC5)cc4)ccc23)cc1. The number of anilines is 1. The van der Waals surface area contributed by atoms with Crippen LogP contribution in [0.1, 0.15) is 24.0 Å². The van der Waals surface area contributed by atoms with Crippen LogP contribution in [0.5, 0.6) is 5.75 Å². The first-order chi connectivity index (χ1) is 16.3. The number of hydrogen-bond acceptors (Lipinski definition) is 3. The van der Waals surface area contributed by atoms with Crippen molar-refractivity contribution in [1.29, 1.82) is 0 Å². The summed E-state index contributed by atoms with van der Waals surface area (Å²) in [5.74, 6) is 0.856. The van der Waals surface area contributed by atoms with Crippen molar-refractivity contribution in [3.8, 4) is 16.9 Å². The molecule has 164 valence electrons. The van der Waals surface area contributed by atoms with Gasteiger partial charge in [-0.15, -0.1) is 0 Å². The Kier molecular flexibility index (Phi) is 6.50. The molecule has 0 saturated carbocycles. The van der Waals surface area contributed by atoms with Crippen LogP contribution in [0.2, 0.25) is 0 Å². The Morgan fingerprint density at radius 1 is 0.970 bits per heavy atom. The van der Waals surface area contributed by atoms with Gasteiger partial charge in [0.15, 0.2) is 0 Å². The van der Waals surface area contributed by atoms with Gasteiger partial charge in [0.1, 0.15) is 0 Å². The first-order valence-electron chi connectivity index (χ1n) is 11.2. The molecule has 0 bridgehead atoms. The van der Waals surface area contributed by atoms with E-state index in [0.717, 1.165) is 46.4 Å². The molecule has 2 heterocycles. The van der Waals surface area contributed by atoms with E-state index < -0.39 is 0 Å². The monoisotopic (exact) mass is 601 g/mol. The van der Waals surface area contributed by atoms with Crippen molar-refractivity contribution in [2.75, 3.05) is 25.1 Å². The zero-order valence-corrected chi connectivity index (χ0v) is 21.6. The molecule has 0 amide bonds. The van der Waals surface area contributed by atoms with Gasteiger partial charge in [0.25, 0.3) is 0 Å². The van der Waals surface area contributed by atoms with Gasteiger partial charge in [-0.05, 0) is 0 Å². The topological polar surface area (TPSA) is 25.4 Å². The summed E-state index contributed by atoms with van der Waals surface area (Å²) in [7, 11) is 1.69. The Labute approximate surface area is 206 Å². The third-order valence-corrected chi connectivity index (χ3v) is 6.72. The van der Waals surface area contributed by atoms with E-state index in [1.54, 1.807) is 7.11 Å². The van der Waals surface area contributed by atoms with Crippen molar-refractivity contribution in [3.05, 3.63) is 96.2 Å². The molecule has 0 unspecified atom stereocenters. The van der Waals surface area contributed by atoms with Gasteiger partial charge < -0.3 is 4.74 Å². The van der Waals surface area contributed by atoms with Crippen LogP contribution in [-0.2, 0) is 19.4 Å². The predicted molar refractivity (Wildman–Crippen MR) is 134 cm³/mol. The second kappa shape index (κ2) is 9.85. The first kappa shape index (κ1) is 21.8. The van der Waals surface area contributed by atoms with Crippen molar-refractivity contribution in [2.45, 2.75) is 12.8 Å². The van der Waals surface area contributed by atoms with E-state index in [1.807, 2.05) is 18.3 Å². The van der Waals surface area contributed by atoms with Crippen molar-refractivity contribution < 1.29 is 24.1 Å². The molecule has 1 aliphatic heterocycles. The minimum atomic E-state index is 0.856. The number of nitrogens with zero attached hydrogens (tertiary/aromatic N) is 2. The van der Waals surface area contributed by atoms with Gasteiger partial charge in [-0.1, -0.05) is 0 Å². The normalized spacial score (nSPS) is 14.0. The van der Waals surface area contributed by atoms with Crippen LogP contribution in [-0.4, -0.2) is 29.6 Å². The molecular formula is C29H25N2OW-. The molecule has 33 heavy (non-hydrogen) atoms. The van der Waals surface area contributed by atoms with Gasteiger partial charge in [0.05, 0.1) is 7.11 Å². The molecule has 0 spiro atoms. The van der Waals surface area contributed by atoms with Crippen LogP contribution >= 0.6 is 0 Å². The Morgan fingerprint density at radius 2 is 1.73 bits per heavy atom. The second-order valence-electron chi connectivity index (χ2n) is 8.18. The average molecular weight is 601 g/mol. The summed E-state index contributed by atoms with van der Waals surface area (Å²) < 4.78 is 7.48. The van der Waals surface area contributed by atoms with Gasteiger partial charge in [0.2, 0.25) is 0 Å². The standard InChI is InChI=1S/C29H25N2O.W/c1-3-26(21-6-11-24(12-7-21)31-18-4-5-19-31)23-10-15-28-27(16-17-30-29(28)20-23)22-8-13-25(32-2)14-9-22;/h1,3,6-17H,4-5,18-19H2,2H3;/q-1;/b26-3-;. The third-order valence-electron chi connectivity index (χ3n) is 6.24. The van der Waals surface area contributed by atoms with Crippen molar-refractivity contribution in [3.63, 3.8) is 0 Å². The maximum atomic E-state index is 5.31. The van der Waals surface area contributed by atoms with Gasteiger partial charge >= 0.3 is 195 Å². The summed E-state index contributed by atoms with van der Waals surface area (Å²) in [5.41, 5.74) is 7.93. The molecule has 0 atom stereocenters. The number of rotatable bonds is 6. The second-order valence-corrected chi connectivity index (χ2v) is 9.16. The molecule has 1 aliphatic rings. The Hall–Kier alpha value is -3.03. The van der Waals surface area contributed by atoms with Crippen LogP contribution in [0.15, 0.2) is 79.0 Å². The third kappa shape index (κ3) is 4.56. The number of methoxy groups -OCH3 is 1. The molecule has 4 heteroatoms. The molecule has 1 fully saturated rings. The number of ether oxygens (including phenoxy) is 1. The Bertz CT molecular complexity index is 1300. The van der Waals surface area contributed by atoms with E-state index in [0.29, 0.717) is 0 Å². The van der Waals surface area contributed by atoms with E-state index in [4.69, 9.17) is 4.74 Å². The number of hydrogen-bond donors (Lipinski definition) is 0. The zero-order chi connectivity index (χ0) is 22.6. The van der Waals surface area contributed by atoms with Gasteiger partial charge in [-0.25, -0.2) is 0 Å². The number of fused-ring (bicyclic) bond motifs is 1. The summed E-state index contributed by atoms with van der Waals surface area (Å²) in [6, 6.07) is 27.1. The molecule has 0 aliphatic carbocycles. The van der Waals surface area contributed by atoms with Gasteiger partial charge in [-0.2, -0.15) is 0 Å². The van der Waals surface area contributed by atoms with E-state index in [-0.39, 0.29) is 0 Å². The van der Waals surface area contributed by atoms with E-state index in [9.17, 15) is 0 Å². The van der Waals surface area contributed by atoms with E-state index in [1.165, 1.54) is 49.0 Å². The average Bonchev–Trinajstić information content (AvgIpc) is 3.42. The maximum absolute atomic E-state index is 5.31. The molecule has 4 aromatic rings. The fourth-order valence-electron chi connectivity index (χ4n) is 4.49. The van der Waals surface area contributed by atoms with E-state index >= 15 is 0 Å². The van der Waals surface area contributed by atoms with E-state index in [2.05, 4.69) is 81.0 Å². The molecule has 0 N–H and O–H groups in total. The molecule has 1 saturated heterocycles. The van der Waals surface area contributed by atoms with Crippen LogP contribution in [0.4, 0.5) is 5.69 Å². The van der Waals surface area contributed by atoms with Crippen LogP contribution in [0.25, 0.3) is 27.6 Å². The molecule has 1 aromatic heterocycles. The first-order valence-corrected chi connectivity index (χ1v) is 12.9. The fraction of sp³-hybridized carbons (Fsp3) is 0.172. The molecule has 3 aromatic carbocycles. The molecular weight excluding hydrogens is 576 g/mol. The summed E-state index contributed by atoms with van der Waals surface area (Å²) in [6.07, 6.45) is 6.65. The number of aromatic nitrogens is 1. The van der Waals surface area contributed by atoms with Crippen molar-refractivity contribution >= 4 is 26.6 Å². The Morgan fingerprint density at radius 3 is 2.42 bits per heavy atom. The fourth-order valence-corrected chi connectivity index (χ4v) is 4.98. The van der Waals surface area contributed by atoms with Crippen molar-refractivity contribution in [2.24, 2.45) is 0 Å². The van der Waals surface area contributed by atoms with Gasteiger partial charge in [0, 0.05) is 0 Å². The molecule has 0 radical (unpaired) electrons. The predicted octanol–water partition coefficient (Wildman–Crippen LogP) is 6.09. The summed E-state index contributed by atoms with van der Waals surface area (Å²) in [5, 5.41) is 1.10. The molecule has 5 rings (SSSR count). The number of benzene rings is 3. The van der Waals surface area contributed by atoms with Crippen molar-refractivity contribution in [1.82, 2.24) is 4.98 Å². The van der Waals surface area contributed by atoms with Crippen LogP contribution in [0.3, 0.4) is 0 Å². The summed E-state index contributed by atoms with van der Waals surface area (Å²) in [6.45, 7) is 2.32. The number of pyridine rings is 1. The van der Waals surface area contributed by atoms with Crippen LogP contribution < -0.4 is 9.64 Å². The summed E-state index contributed by atoms with van der Waals surface area (Å²) >= 11 is 1.43. The Balaban J connectivity index is 1.51. The summed E-state index contributed by atoms with van der Waals surface area (Å²) in [4.78, 5) is 7.11.